The number of carbonyl (C=O) groups excluding carboxylic acids is 2. The molecule has 0 aliphatic carbocycles. The molecule has 0 spiro atoms. The summed E-state index contributed by atoms with van der Waals surface area (Å²) in [4.78, 5) is 24.0. The van der Waals surface area contributed by atoms with Crippen molar-refractivity contribution in [1.82, 2.24) is 5.32 Å². The number of nitrogens with one attached hydrogen (secondary N) is 1. The minimum Gasteiger partial charge on any atom is -0.459 e. The average Bonchev–Trinajstić information content (AvgIpc) is 2.94. The molecule has 0 saturated carbocycles. The molecule has 0 radical (unpaired) electrons. The van der Waals surface area contributed by atoms with Crippen molar-refractivity contribution in [3.05, 3.63) is 0 Å². The van der Waals surface area contributed by atoms with Gasteiger partial charge in [0.1, 0.15) is 30.5 Å². The Hall–Kier alpha value is -1.38. The van der Waals surface area contributed by atoms with Gasteiger partial charge in [0, 0.05) is 0 Å². The van der Waals surface area contributed by atoms with E-state index in [1.54, 1.807) is 0 Å². The molecule has 236 valence electrons. The predicted molar refractivity (Wildman–Crippen MR) is 146 cm³/mol. The fraction of sp³-hybridized carbons (Fsp3) is 0.929. The van der Waals surface area contributed by atoms with Crippen LogP contribution in [0, 0.1) is 0 Å². The van der Waals surface area contributed by atoms with Gasteiger partial charge in [0.25, 0.3) is 0 Å². The fourth-order valence-corrected chi connectivity index (χ4v) is 4.69. The number of aliphatic hydroxyl groups excluding tert-OH is 6. The van der Waals surface area contributed by atoms with E-state index in [9.17, 15) is 40.2 Å². The molecule has 1 aliphatic heterocycles. The zero-order chi connectivity index (χ0) is 29.9. The van der Waals surface area contributed by atoms with Gasteiger partial charge in [0.05, 0.1) is 32.0 Å². The molecule has 0 aromatic heterocycles. The first kappa shape index (κ1) is 36.6. The molecule has 8 atom stereocenters. The molecule has 0 aromatic rings. The molecule has 0 bridgehead atoms. The van der Waals surface area contributed by atoms with Crippen molar-refractivity contribution in [1.29, 1.82) is 0 Å². The van der Waals surface area contributed by atoms with Crippen molar-refractivity contribution in [3.63, 3.8) is 0 Å². The summed E-state index contributed by atoms with van der Waals surface area (Å²) in [7, 11) is 0. The maximum Gasteiger partial charge on any atom is 0.396 e. The second kappa shape index (κ2) is 21.3. The SMILES string of the molecule is CCCCCCCCCCCCCC[C@@H](O)[C@@H](O)[C@H](CO[C@H]1O[C@H](CO)[C@H](O)[C@H](O)[C@H]1O)NC(=O)C(=O)OCC. The van der Waals surface area contributed by atoms with E-state index >= 15 is 0 Å². The summed E-state index contributed by atoms with van der Waals surface area (Å²) in [6, 6.07) is -1.29. The van der Waals surface area contributed by atoms with Gasteiger partial charge in [-0.1, -0.05) is 84.0 Å². The van der Waals surface area contributed by atoms with Crippen molar-refractivity contribution < 1.29 is 54.4 Å². The van der Waals surface area contributed by atoms with Crippen LogP contribution in [0.25, 0.3) is 0 Å². The van der Waals surface area contributed by atoms with E-state index in [1.807, 2.05) is 0 Å². The Bertz CT molecular complexity index is 681. The first-order valence-corrected chi connectivity index (χ1v) is 14.9. The summed E-state index contributed by atoms with van der Waals surface area (Å²) in [5.74, 6) is -2.33. The van der Waals surface area contributed by atoms with E-state index in [-0.39, 0.29) is 13.0 Å². The Morgan fingerprint density at radius 3 is 1.90 bits per heavy atom. The third kappa shape index (κ3) is 13.5. The number of rotatable bonds is 21. The highest BCUT2D eigenvalue weighted by atomic mass is 16.7. The predicted octanol–water partition coefficient (Wildman–Crippen LogP) is 0.664. The molecule has 0 aromatic carbocycles. The lowest BCUT2D eigenvalue weighted by molar-refractivity contribution is -0.303. The normalized spacial score (nSPS) is 25.2. The van der Waals surface area contributed by atoms with Gasteiger partial charge in [-0.3, -0.25) is 4.79 Å². The highest BCUT2D eigenvalue weighted by Crippen LogP contribution is 2.23. The summed E-state index contributed by atoms with van der Waals surface area (Å²) in [6.07, 6.45) is 3.61. The number of ether oxygens (including phenoxy) is 3. The van der Waals surface area contributed by atoms with E-state index in [1.165, 1.54) is 58.3 Å². The van der Waals surface area contributed by atoms with Gasteiger partial charge < -0.3 is 50.2 Å². The summed E-state index contributed by atoms with van der Waals surface area (Å²) >= 11 is 0. The molecule has 1 rings (SSSR count). The molecule has 40 heavy (non-hydrogen) atoms. The van der Waals surface area contributed by atoms with Gasteiger partial charge in [-0.05, 0) is 13.3 Å². The molecular formula is C28H53NO11. The summed E-state index contributed by atoms with van der Waals surface area (Å²) in [5.41, 5.74) is 0. The molecule has 12 heteroatoms. The number of aliphatic hydroxyl groups is 6. The van der Waals surface area contributed by atoms with Crippen LogP contribution >= 0.6 is 0 Å². The van der Waals surface area contributed by atoms with E-state index in [0.29, 0.717) is 6.42 Å². The first-order valence-electron chi connectivity index (χ1n) is 14.9. The standard InChI is InChI=1S/C28H53NO11/c1-3-5-6-7-8-9-10-11-12-13-14-15-16-20(31)22(32)19(29-26(36)27(37)38-4-2)18-39-28-25(35)24(34)23(33)21(17-30)40-28/h19-25,28,30-35H,3-18H2,1-2H3,(H,29,36)/t19-,20+,21+,22-,23-,24-,25+,28-/m0/s1. The highest BCUT2D eigenvalue weighted by molar-refractivity contribution is 6.32. The Morgan fingerprint density at radius 2 is 1.38 bits per heavy atom. The highest BCUT2D eigenvalue weighted by Gasteiger charge is 2.44. The smallest absolute Gasteiger partial charge is 0.396 e. The number of hydrogen-bond acceptors (Lipinski definition) is 11. The molecule has 12 nitrogen and oxygen atoms in total. The molecular weight excluding hydrogens is 526 g/mol. The topological polar surface area (TPSA) is 195 Å². The maximum absolute atomic E-state index is 12.2. The van der Waals surface area contributed by atoms with E-state index in [2.05, 4.69) is 17.0 Å². The van der Waals surface area contributed by atoms with Crippen LogP contribution in [0.2, 0.25) is 0 Å². The van der Waals surface area contributed by atoms with Gasteiger partial charge in [0.15, 0.2) is 6.29 Å². The molecule has 7 N–H and O–H groups in total. The first-order chi connectivity index (χ1) is 19.2. The Balaban J connectivity index is 2.54. The van der Waals surface area contributed by atoms with Crippen molar-refractivity contribution in [2.24, 2.45) is 0 Å². The number of carbonyl (C=O) groups is 2. The maximum atomic E-state index is 12.2. The van der Waals surface area contributed by atoms with E-state index < -0.39 is 74.0 Å². The molecule has 0 unspecified atom stereocenters. The Labute approximate surface area is 238 Å². The van der Waals surface area contributed by atoms with Crippen molar-refractivity contribution in [3.8, 4) is 0 Å². The fourth-order valence-electron chi connectivity index (χ4n) is 4.69. The lowest BCUT2D eigenvalue weighted by atomic mass is 9.98. The van der Waals surface area contributed by atoms with Crippen LogP contribution in [-0.2, 0) is 23.8 Å². The molecule has 1 aliphatic rings. The number of hydrogen-bond donors (Lipinski definition) is 7. The van der Waals surface area contributed by atoms with Crippen LogP contribution in [0.5, 0.6) is 0 Å². The van der Waals surface area contributed by atoms with Crippen LogP contribution < -0.4 is 5.32 Å². The van der Waals surface area contributed by atoms with E-state index in [4.69, 9.17) is 9.47 Å². The van der Waals surface area contributed by atoms with Crippen molar-refractivity contribution >= 4 is 11.9 Å². The van der Waals surface area contributed by atoms with Crippen LogP contribution in [0.15, 0.2) is 0 Å². The largest absolute Gasteiger partial charge is 0.459 e. The minimum atomic E-state index is -1.69. The lowest BCUT2D eigenvalue weighted by Gasteiger charge is -2.40. The van der Waals surface area contributed by atoms with Crippen LogP contribution in [0.1, 0.15) is 97.3 Å². The zero-order valence-electron chi connectivity index (χ0n) is 24.2. The number of esters is 1. The molecule has 1 fully saturated rings. The van der Waals surface area contributed by atoms with Gasteiger partial charge >= 0.3 is 11.9 Å². The monoisotopic (exact) mass is 579 g/mol. The van der Waals surface area contributed by atoms with Crippen molar-refractivity contribution in [2.45, 2.75) is 146 Å². The van der Waals surface area contributed by atoms with Gasteiger partial charge in [0.2, 0.25) is 0 Å². The second-order valence-corrected chi connectivity index (χ2v) is 10.6. The zero-order valence-corrected chi connectivity index (χ0v) is 24.2. The summed E-state index contributed by atoms with van der Waals surface area (Å²) in [5, 5.41) is 63.1. The van der Waals surface area contributed by atoms with E-state index in [0.717, 1.165) is 19.3 Å². The molecule has 1 heterocycles. The summed E-state index contributed by atoms with van der Waals surface area (Å²) in [6.45, 7) is 2.52. The lowest BCUT2D eigenvalue weighted by Crippen LogP contribution is -2.60. The van der Waals surface area contributed by atoms with Crippen LogP contribution in [0.4, 0.5) is 0 Å². The summed E-state index contributed by atoms with van der Waals surface area (Å²) < 4.78 is 15.4. The van der Waals surface area contributed by atoms with Crippen LogP contribution in [0.3, 0.4) is 0 Å². The Morgan fingerprint density at radius 1 is 0.825 bits per heavy atom. The number of amides is 1. The van der Waals surface area contributed by atoms with Crippen molar-refractivity contribution in [2.75, 3.05) is 19.8 Å². The van der Waals surface area contributed by atoms with Gasteiger partial charge in [-0.15, -0.1) is 0 Å². The average molecular weight is 580 g/mol. The van der Waals surface area contributed by atoms with Gasteiger partial charge in [-0.2, -0.15) is 0 Å². The third-order valence-corrected chi connectivity index (χ3v) is 7.23. The molecule has 1 amide bonds. The Kier molecular flexibility index (Phi) is 19.6. The van der Waals surface area contributed by atoms with Gasteiger partial charge in [-0.25, -0.2) is 4.79 Å². The molecule has 1 saturated heterocycles. The minimum absolute atomic E-state index is 0.0393. The quantitative estimate of drug-likeness (QED) is 0.0573. The van der Waals surface area contributed by atoms with Crippen LogP contribution in [-0.4, -0.2) is 111 Å². The second-order valence-electron chi connectivity index (χ2n) is 10.6. The third-order valence-electron chi connectivity index (χ3n) is 7.23. The number of unbranched alkanes of at least 4 members (excludes halogenated alkanes) is 11.